The Balaban J connectivity index is 2.00. The van der Waals surface area contributed by atoms with Crippen molar-refractivity contribution in [2.75, 3.05) is 0 Å². The predicted molar refractivity (Wildman–Crippen MR) is 74.7 cm³/mol. The Kier molecular flexibility index (Phi) is 4.52. The minimum atomic E-state index is -0.901. The highest BCUT2D eigenvalue weighted by atomic mass is 19.2. The minimum Gasteiger partial charge on any atom is -0.489 e. The van der Waals surface area contributed by atoms with E-state index >= 15 is 0 Å². The third-order valence-corrected chi connectivity index (χ3v) is 3.20. The van der Waals surface area contributed by atoms with E-state index in [-0.39, 0.29) is 12.5 Å². The van der Waals surface area contributed by atoms with Crippen molar-refractivity contribution in [2.24, 2.45) is 5.73 Å². The fourth-order valence-electron chi connectivity index (χ4n) is 1.81. The summed E-state index contributed by atoms with van der Waals surface area (Å²) in [4.78, 5) is 11.1. The number of hydrogen-bond donors (Lipinski definition) is 1. The molecular formula is C16H15F2NO2. The molecule has 0 saturated heterocycles. The summed E-state index contributed by atoms with van der Waals surface area (Å²) >= 11 is 0. The number of amides is 1. The quantitative estimate of drug-likeness (QED) is 0.920. The summed E-state index contributed by atoms with van der Waals surface area (Å²) in [6, 6.07) is 10.5. The zero-order valence-electron chi connectivity index (χ0n) is 11.5. The van der Waals surface area contributed by atoms with Crippen LogP contribution in [0.25, 0.3) is 0 Å². The molecule has 2 aromatic rings. The first-order valence-corrected chi connectivity index (χ1v) is 6.43. The van der Waals surface area contributed by atoms with Crippen LogP contribution in [-0.2, 0) is 11.4 Å². The lowest BCUT2D eigenvalue weighted by atomic mass is 10.0. The Morgan fingerprint density at radius 2 is 1.81 bits per heavy atom. The first-order valence-electron chi connectivity index (χ1n) is 6.43. The number of hydrogen-bond acceptors (Lipinski definition) is 2. The SMILES string of the molecule is CC(C(N)=O)c1ccc(OCc2ccc(F)c(F)c2)cc1. The van der Waals surface area contributed by atoms with Gasteiger partial charge in [0.2, 0.25) is 5.91 Å². The van der Waals surface area contributed by atoms with Crippen LogP contribution >= 0.6 is 0 Å². The maximum absolute atomic E-state index is 13.0. The minimum absolute atomic E-state index is 0.127. The standard InChI is InChI=1S/C16H15F2NO2/c1-10(16(19)20)12-3-5-13(6-4-12)21-9-11-2-7-14(17)15(18)8-11/h2-8,10H,9H2,1H3,(H2,19,20). The van der Waals surface area contributed by atoms with Crippen molar-refractivity contribution in [3.63, 3.8) is 0 Å². The van der Waals surface area contributed by atoms with Crippen LogP contribution in [-0.4, -0.2) is 5.91 Å². The van der Waals surface area contributed by atoms with E-state index < -0.39 is 17.5 Å². The highest BCUT2D eigenvalue weighted by Crippen LogP contribution is 2.20. The predicted octanol–water partition coefficient (Wildman–Crippen LogP) is 3.13. The fourth-order valence-corrected chi connectivity index (χ4v) is 1.81. The second-order valence-corrected chi connectivity index (χ2v) is 4.73. The molecule has 5 heteroatoms. The van der Waals surface area contributed by atoms with Gasteiger partial charge in [0.1, 0.15) is 12.4 Å². The molecule has 1 unspecified atom stereocenters. The van der Waals surface area contributed by atoms with Gasteiger partial charge in [-0.1, -0.05) is 18.2 Å². The van der Waals surface area contributed by atoms with E-state index in [1.807, 2.05) is 0 Å². The van der Waals surface area contributed by atoms with Gasteiger partial charge in [-0.25, -0.2) is 8.78 Å². The van der Waals surface area contributed by atoms with Crippen LogP contribution in [0.1, 0.15) is 24.0 Å². The van der Waals surface area contributed by atoms with Crippen LogP contribution in [0, 0.1) is 11.6 Å². The molecule has 3 nitrogen and oxygen atoms in total. The molecule has 0 aliphatic rings. The number of benzene rings is 2. The van der Waals surface area contributed by atoms with Gasteiger partial charge in [0, 0.05) is 0 Å². The monoisotopic (exact) mass is 291 g/mol. The second-order valence-electron chi connectivity index (χ2n) is 4.73. The average Bonchev–Trinajstić information content (AvgIpc) is 2.48. The molecule has 0 aliphatic heterocycles. The molecule has 2 N–H and O–H groups in total. The molecule has 1 atom stereocenters. The molecule has 0 bridgehead atoms. The van der Waals surface area contributed by atoms with Gasteiger partial charge in [-0.15, -0.1) is 0 Å². The van der Waals surface area contributed by atoms with Gasteiger partial charge in [-0.3, -0.25) is 4.79 Å². The van der Waals surface area contributed by atoms with E-state index in [1.54, 1.807) is 31.2 Å². The molecule has 0 heterocycles. The van der Waals surface area contributed by atoms with E-state index in [0.717, 1.165) is 17.7 Å². The zero-order chi connectivity index (χ0) is 15.4. The number of carbonyl (C=O) groups is 1. The Bertz CT molecular complexity index is 641. The summed E-state index contributed by atoms with van der Waals surface area (Å²) in [6.45, 7) is 1.85. The third kappa shape index (κ3) is 3.78. The molecule has 0 fully saturated rings. The van der Waals surface area contributed by atoms with Crippen LogP contribution in [0.3, 0.4) is 0 Å². The maximum Gasteiger partial charge on any atom is 0.224 e. The van der Waals surface area contributed by atoms with Gasteiger partial charge < -0.3 is 10.5 Å². The number of carbonyl (C=O) groups excluding carboxylic acids is 1. The van der Waals surface area contributed by atoms with E-state index in [9.17, 15) is 13.6 Å². The van der Waals surface area contributed by atoms with Gasteiger partial charge >= 0.3 is 0 Å². The van der Waals surface area contributed by atoms with Crippen LogP contribution in [0.2, 0.25) is 0 Å². The summed E-state index contributed by atoms with van der Waals surface area (Å²) < 4.78 is 31.3. The first-order chi connectivity index (χ1) is 9.97. The fraction of sp³-hybridized carbons (Fsp3) is 0.188. The molecule has 110 valence electrons. The molecular weight excluding hydrogens is 276 g/mol. The number of ether oxygens (including phenoxy) is 1. The van der Waals surface area contributed by atoms with Gasteiger partial charge in [0.25, 0.3) is 0 Å². The molecule has 0 aliphatic carbocycles. The lowest BCUT2D eigenvalue weighted by Crippen LogP contribution is -2.18. The third-order valence-electron chi connectivity index (χ3n) is 3.20. The van der Waals surface area contributed by atoms with Gasteiger partial charge in [0.15, 0.2) is 11.6 Å². The van der Waals surface area contributed by atoms with Crippen molar-refractivity contribution in [2.45, 2.75) is 19.4 Å². The Morgan fingerprint density at radius 3 is 2.38 bits per heavy atom. The summed E-state index contributed by atoms with van der Waals surface area (Å²) in [5.74, 6) is -1.99. The van der Waals surface area contributed by atoms with Crippen molar-refractivity contribution in [3.8, 4) is 5.75 Å². The lowest BCUT2D eigenvalue weighted by molar-refractivity contribution is -0.119. The van der Waals surface area contributed by atoms with Gasteiger partial charge in [-0.05, 0) is 42.3 Å². The maximum atomic E-state index is 13.0. The van der Waals surface area contributed by atoms with E-state index in [1.165, 1.54) is 6.07 Å². The number of nitrogens with two attached hydrogens (primary N) is 1. The number of halogens is 2. The molecule has 21 heavy (non-hydrogen) atoms. The highest BCUT2D eigenvalue weighted by Gasteiger charge is 2.11. The molecule has 0 spiro atoms. The van der Waals surface area contributed by atoms with Crippen molar-refractivity contribution >= 4 is 5.91 Å². The molecule has 0 aromatic heterocycles. The molecule has 0 radical (unpaired) electrons. The summed E-state index contributed by atoms with van der Waals surface area (Å²) in [6.07, 6.45) is 0. The molecule has 0 saturated carbocycles. The second kappa shape index (κ2) is 6.35. The van der Waals surface area contributed by atoms with E-state index in [0.29, 0.717) is 11.3 Å². The molecule has 1 amide bonds. The first kappa shape index (κ1) is 15.0. The largest absolute Gasteiger partial charge is 0.489 e. The normalized spacial score (nSPS) is 12.0. The average molecular weight is 291 g/mol. The van der Waals surface area contributed by atoms with Crippen LogP contribution in [0.4, 0.5) is 8.78 Å². The number of rotatable bonds is 5. The molecule has 2 rings (SSSR count). The summed E-state index contributed by atoms with van der Waals surface area (Å²) in [5.41, 5.74) is 6.56. The summed E-state index contributed by atoms with van der Waals surface area (Å²) in [7, 11) is 0. The van der Waals surface area contributed by atoms with Crippen molar-refractivity contribution in [1.29, 1.82) is 0 Å². The lowest BCUT2D eigenvalue weighted by Gasteiger charge is -2.10. The van der Waals surface area contributed by atoms with Crippen LogP contribution in [0.15, 0.2) is 42.5 Å². The Labute approximate surface area is 121 Å². The van der Waals surface area contributed by atoms with Crippen molar-refractivity contribution in [3.05, 3.63) is 65.2 Å². The number of primary amides is 1. The Morgan fingerprint density at radius 1 is 1.14 bits per heavy atom. The Hall–Kier alpha value is -2.43. The van der Waals surface area contributed by atoms with Crippen LogP contribution in [0.5, 0.6) is 5.75 Å². The van der Waals surface area contributed by atoms with Crippen molar-refractivity contribution < 1.29 is 18.3 Å². The van der Waals surface area contributed by atoms with Gasteiger partial charge in [-0.2, -0.15) is 0 Å². The van der Waals surface area contributed by atoms with E-state index in [4.69, 9.17) is 10.5 Å². The smallest absolute Gasteiger partial charge is 0.224 e. The van der Waals surface area contributed by atoms with Crippen molar-refractivity contribution in [1.82, 2.24) is 0 Å². The van der Waals surface area contributed by atoms with E-state index in [2.05, 4.69) is 0 Å². The molecule has 2 aromatic carbocycles. The topological polar surface area (TPSA) is 52.3 Å². The van der Waals surface area contributed by atoms with Gasteiger partial charge in [0.05, 0.1) is 5.92 Å². The highest BCUT2D eigenvalue weighted by molar-refractivity contribution is 5.81. The van der Waals surface area contributed by atoms with Crippen LogP contribution < -0.4 is 10.5 Å². The zero-order valence-corrected chi connectivity index (χ0v) is 11.5. The summed E-state index contributed by atoms with van der Waals surface area (Å²) in [5, 5.41) is 0.